The van der Waals surface area contributed by atoms with E-state index in [0.29, 0.717) is 13.2 Å². The van der Waals surface area contributed by atoms with Crippen LogP contribution in [0.5, 0.6) is 17.2 Å². The first-order valence-corrected chi connectivity index (χ1v) is 8.82. The van der Waals surface area contributed by atoms with Crippen molar-refractivity contribution in [3.05, 3.63) is 83.7 Å². The quantitative estimate of drug-likeness (QED) is 0.577. The number of rotatable bonds is 9. The Hall–Kier alpha value is -2.76. The first-order valence-electron chi connectivity index (χ1n) is 8.82. The Balaban J connectivity index is 0.00000280. The van der Waals surface area contributed by atoms with Crippen molar-refractivity contribution in [1.82, 2.24) is 10.3 Å². The van der Waals surface area contributed by atoms with Crippen LogP contribution >= 0.6 is 12.4 Å². The molecule has 0 unspecified atom stereocenters. The van der Waals surface area contributed by atoms with Crippen LogP contribution in [0.15, 0.2) is 66.9 Å². The van der Waals surface area contributed by atoms with Gasteiger partial charge in [0.25, 0.3) is 0 Å². The van der Waals surface area contributed by atoms with Gasteiger partial charge in [0, 0.05) is 24.8 Å². The van der Waals surface area contributed by atoms with Gasteiger partial charge in [0.15, 0.2) is 0 Å². The van der Waals surface area contributed by atoms with Crippen molar-refractivity contribution in [2.24, 2.45) is 0 Å². The molecule has 148 valence electrons. The zero-order valence-corrected chi connectivity index (χ0v) is 16.9. The van der Waals surface area contributed by atoms with Crippen LogP contribution < -0.4 is 19.5 Å². The number of methoxy groups -OCH3 is 2. The lowest BCUT2D eigenvalue weighted by Crippen LogP contribution is -2.13. The van der Waals surface area contributed by atoms with Crippen LogP contribution in [0.25, 0.3) is 0 Å². The molecule has 0 amide bonds. The van der Waals surface area contributed by atoms with Gasteiger partial charge in [0.05, 0.1) is 19.9 Å². The van der Waals surface area contributed by atoms with Crippen LogP contribution in [0.2, 0.25) is 0 Å². The Morgan fingerprint density at radius 1 is 0.857 bits per heavy atom. The van der Waals surface area contributed by atoms with Crippen LogP contribution in [-0.4, -0.2) is 19.2 Å². The second kappa shape index (κ2) is 11.2. The minimum atomic E-state index is 0. The third-order valence-corrected chi connectivity index (χ3v) is 4.14. The van der Waals surface area contributed by atoms with E-state index >= 15 is 0 Å². The number of nitrogens with one attached hydrogen (secondary N) is 1. The molecule has 0 aliphatic heterocycles. The van der Waals surface area contributed by atoms with E-state index in [1.165, 1.54) is 0 Å². The van der Waals surface area contributed by atoms with E-state index in [2.05, 4.69) is 16.4 Å². The summed E-state index contributed by atoms with van der Waals surface area (Å²) < 4.78 is 16.5. The molecule has 1 N–H and O–H groups in total. The van der Waals surface area contributed by atoms with Crippen molar-refractivity contribution >= 4 is 12.4 Å². The minimum absolute atomic E-state index is 0. The summed E-state index contributed by atoms with van der Waals surface area (Å²) in [6, 6.07) is 19.7. The normalized spacial score (nSPS) is 10.1. The highest BCUT2D eigenvalue weighted by atomic mass is 35.5. The molecule has 0 spiro atoms. The highest BCUT2D eigenvalue weighted by Crippen LogP contribution is 2.24. The molecule has 0 bridgehead atoms. The van der Waals surface area contributed by atoms with Crippen molar-refractivity contribution in [1.29, 1.82) is 0 Å². The molecule has 2 aromatic carbocycles. The molecular weight excluding hydrogens is 376 g/mol. The molecule has 0 radical (unpaired) electrons. The largest absolute Gasteiger partial charge is 0.497 e. The number of halogens is 1. The molecule has 0 aliphatic carbocycles. The van der Waals surface area contributed by atoms with Crippen molar-refractivity contribution < 1.29 is 14.2 Å². The summed E-state index contributed by atoms with van der Waals surface area (Å²) in [6.07, 6.45) is 1.77. The first-order chi connectivity index (χ1) is 13.3. The Labute approximate surface area is 172 Å². The molecular formula is C22H25ClN2O3. The molecule has 6 heteroatoms. The van der Waals surface area contributed by atoms with E-state index in [4.69, 9.17) is 14.2 Å². The Kier molecular flexibility index (Phi) is 8.59. The molecule has 0 aliphatic rings. The van der Waals surface area contributed by atoms with Gasteiger partial charge in [-0.2, -0.15) is 0 Å². The molecule has 3 aromatic rings. The predicted molar refractivity (Wildman–Crippen MR) is 112 cm³/mol. The maximum Gasteiger partial charge on any atom is 0.130 e. The van der Waals surface area contributed by atoms with Gasteiger partial charge >= 0.3 is 0 Å². The summed E-state index contributed by atoms with van der Waals surface area (Å²) in [6.45, 7) is 1.86. The third-order valence-electron chi connectivity index (χ3n) is 4.14. The van der Waals surface area contributed by atoms with Gasteiger partial charge in [-0.25, -0.2) is 0 Å². The molecule has 0 atom stereocenters. The van der Waals surface area contributed by atoms with Gasteiger partial charge in [-0.05, 0) is 48.0 Å². The Morgan fingerprint density at radius 3 is 2.50 bits per heavy atom. The summed E-state index contributed by atoms with van der Waals surface area (Å²) in [4.78, 5) is 4.27. The molecule has 1 heterocycles. The Bertz CT molecular complexity index is 859. The zero-order chi connectivity index (χ0) is 18.9. The highest BCUT2D eigenvalue weighted by Gasteiger charge is 2.05. The van der Waals surface area contributed by atoms with E-state index in [9.17, 15) is 0 Å². The summed E-state index contributed by atoms with van der Waals surface area (Å²) in [5, 5.41) is 3.44. The summed E-state index contributed by atoms with van der Waals surface area (Å²) in [5.74, 6) is 2.49. The molecule has 5 nitrogen and oxygen atoms in total. The van der Waals surface area contributed by atoms with Crippen molar-refractivity contribution in [2.45, 2.75) is 19.7 Å². The standard InChI is InChI=1S/C22H24N2O3.ClH/c1-25-20-9-10-22(26-2)18(13-20)15-23-14-17-6-5-8-21(12-17)27-16-19-7-3-4-11-24-19;/h3-13,23H,14-16H2,1-2H3;1H. The fourth-order valence-electron chi connectivity index (χ4n) is 2.75. The number of aromatic nitrogens is 1. The fraction of sp³-hybridized carbons (Fsp3) is 0.227. The third kappa shape index (κ3) is 6.15. The maximum absolute atomic E-state index is 5.84. The lowest BCUT2D eigenvalue weighted by molar-refractivity contribution is 0.301. The second-order valence-corrected chi connectivity index (χ2v) is 6.04. The van der Waals surface area contributed by atoms with Crippen LogP contribution in [0.1, 0.15) is 16.8 Å². The number of pyridine rings is 1. The van der Waals surface area contributed by atoms with Crippen molar-refractivity contribution in [3.63, 3.8) is 0 Å². The van der Waals surface area contributed by atoms with E-state index in [1.807, 2.05) is 54.6 Å². The number of benzene rings is 2. The van der Waals surface area contributed by atoms with Crippen molar-refractivity contribution in [2.75, 3.05) is 14.2 Å². The van der Waals surface area contributed by atoms with Gasteiger partial charge in [-0.3, -0.25) is 4.98 Å². The number of hydrogen-bond donors (Lipinski definition) is 1. The molecule has 0 saturated heterocycles. The average molecular weight is 401 g/mol. The lowest BCUT2D eigenvalue weighted by atomic mass is 10.1. The molecule has 0 fully saturated rings. The summed E-state index contributed by atoms with van der Waals surface area (Å²) in [7, 11) is 3.34. The van der Waals surface area contributed by atoms with Crippen LogP contribution in [-0.2, 0) is 19.7 Å². The van der Waals surface area contributed by atoms with E-state index in [-0.39, 0.29) is 12.4 Å². The average Bonchev–Trinajstić information content (AvgIpc) is 2.73. The number of hydrogen-bond acceptors (Lipinski definition) is 5. The number of nitrogens with zero attached hydrogens (tertiary/aromatic N) is 1. The van der Waals surface area contributed by atoms with Gasteiger partial charge in [0.2, 0.25) is 0 Å². The number of ether oxygens (including phenoxy) is 3. The van der Waals surface area contributed by atoms with Gasteiger partial charge < -0.3 is 19.5 Å². The monoisotopic (exact) mass is 400 g/mol. The zero-order valence-electron chi connectivity index (χ0n) is 16.1. The van der Waals surface area contributed by atoms with Crippen LogP contribution in [0, 0.1) is 0 Å². The van der Waals surface area contributed by atoms with Gasteiger partial charge in [-0.1, -0.05) is 18.2 Å². The predicted octanol–water partition coefficient (Wildman–Crippen LogP) is 4.39. The molecule has 0 saturated carbocycles. The smallest absolute Gasteiger partial charge is 0.130 e. The van der Waals surface area contributed by atoms with Crippen molar-refractivity contribution in [3.8, 4) is 17.2 Å². The summed E-state index contributed by atoms with van der Waals surface area (Å²) >= 11 is 0. The Morgan fingerprint density at radius 2 is 1.75 bits per heavy atom. The summed E-state index contributed by atoms with van der Waals surface area (Å²) in [5.41, 5.74) is 3.11. The molecule has 3 rings (SSSR count). The lowest BCUT2D eigenvalue weighted by Gasteiger charge is -2.12. The molecule has 1 aromatic heterocycles. The van der Waals surface area contributed by atoms with Gasteiger partial charge in [0.1, 0.15) is 23.9 Å². The van der Waals surface area contributed by atoms with E-state index in [1.54, 1.807) is 20.4 Å². The SMILES string of the molecule is COc1ccc(OC)c(CNCc2cccc(OCc3ccccn3)c2)c1.Cl. The van der Waals surface area contributed by atoms with E-state index in [0.717, 1.165) is 40.6 Å². The van der Waals surface area contributed by atoms with E-state index < -0.39 is 0 Å². The van der Waals surface area contributed by atoms with Gasteiger partial charge in [-0.15, -0.1) is 12.4 Å². The van der Waals surface area contributed by atoms with Crippen LogP contribution in [0.4, 0.5) is 0 Å². The minimum Gasteiger partial charge on any atom is -0.497 e. The second-order valence-electron chi connectivity index (χ2n) is 6.04. The topological polar surface area (TPSA) is 52.6 Å². The molecule has 28 heavy (non-hydrogen) atoms. The highest BCUT2D eigenvalue weighted by molar-refractivity contribution is 5.85. The maximum atomic E-state index is 5.84. The van der Waals surface area contributed by atoms with Crippen LogP contribution in [0.3, 0.4) is 0 Å². The first kappa shape index (κ1) is 21.5. The fourth-order valence-corrected chi connectivity index (χ4v) is 2.75.